The Labute approximate surface area is 111 Å². The van der Waals surface area contributed by atoms with Crippen LogP contribution in [0.4, 0.5) is 0 Å². The van der Waals surface area contributed by atoms with E-state index in [9.17, 15) is 0 Å². The van der Waals surface area contributed by atoms with Gasteiger partial charge in [0, 0.05) is 25.3 Å². The zero-order valence-corrected chi connectivity index (χ0v) is 11.4. The molecule has 0 amide bonds. The Morgan fingerprint density at radius 2 is 1.72 bits per heavy atom. The molecule has 6 atom stereocenters. The van der Waals surface area contributed by atoms with Gasteiger partial charge in [0.2, 0.25) is 0 Å². The molecule has 3 aliphatic carbocycles. The molecule has 0 aromatic heterocycles. The van der Waals surface area contributed by atoms with Gasteiger partial charge >= 0.3 is 0 Å². The van der Waals surface area contributed by atoms with Gasteiger partial charge < -0.3 is 10.1 Å². The summed E-state index contributed by atoms with van der Waals surface area (Å²) in [5.74, 6) is 4.35. The minimum absolute atomic E-state index is 0.747. The van der Waals surface area contributed by atoms with Crippen LogP contribution in [0.5, 0.6) is 0 Å². The summed E-state index contributed by atoms with van der Waals surface area (Å²) in [6, 6.07) is 1.61. The van der Waals surface area contributed by atoms with Crippen LogP contribution in [0.3, 0.4) is 0 Å². The second kappa shape index (κ2) is 4.79. The van der Waals surface area contributed by atoms with E-state index in [0.717, 1.165) is 49.0 Å². The fourth-order valence-electron chi connectivity index (χ4n) is 5.63. The number of fused-ring (bicyclic) bond motifs is 5. The molecule has 0 aromatic carbocycles. The first-order valence-corrected chi connectivity index (χ1v) is 8.25. The first-order valence-electron chi connectivity index (χ1n) is 8.25. The van der Waals surface area contributed by atoms with Crippen LogP contribution in [0.1, 0.15) is 51.4 Å². The van der Waals surface area contributed by atoms with Gasteiger partial charge in [-0.25, -0.2) is 0 Å². The molecular weight excluding hydrogens is 222 g/mol. The van der Waals surface area contributed by atoms with Gasteiger partial charge in [-0.15, -0.1) is 0 Å². The van der Waals surface area contributed by atoms with E-state index in [1.807, 2.05) is 0 Å². The molecule has 18 heavy (non-hydrogen) atoms. The molecule has 4 fully saturated rings. The van der Waals surface area contributed by atoms with Gasteiger partial charge in [0.05, 0.1) is 0 Å². The van der Waals surface area contributed by atoms with Crippen LogP contribution < -0.4 is 5.32 Å². The molecule has 0 radical (unpaired) electrons. The summed E-state index contributed by atoms with van der Waals surface area (Å²) >= 11 is 0. The molecule has 1 N–H and O–H groups in total. The first kappa shape index (κ1) is 11.7. The van der Waals surface area contributed by atoms with Gasteiger partial charge in [0.25, 0.3) is 0 Å². The smallest absolute Gasteiger partial charge is 0.0480 e. The summed E-state index contributed by atoms with van der Waals surface area (Å²) in [5.41, 5.74) is 0. The molecule has 0 aromatic rings. The van der Waals surface area contributed by atoms with Gasteiger partial charge in [-0.2, -0.15) is 0 Å². The Bertz CT molecular complexity index is 297. The Hall–Kier alpha value is -0.0800. The third-order valence-corrected chi connectivity index (χ3v) is 6.33. The van der Waals surface area contributed by atoms with E-state index in [2.05, 4.69) is 5.32 Å². The Balaban J connectivity index is 1.38. The third-order valence-electron chi connectivity index (χ3n) is 6.33. The lowest BCUT2D eigenvalue weighted by atomic mass is 9.79. The van der Waals surface area contributed by atoms with Crippen molar-refractivity contribution in [1.29, 1.82) is 0 Å². The number of nitrogens with one attached hydrogen (secondary N) is 1. The Morgan fingerprint density at radius 1 is 0.778 bits per heavy atom. The molecule has 0 spiro atoms. The molecule has 3 saturated carbocycles. The van der Waals surface area contributed by atoms with Crippen molar-refractivity contribution >= 4 is 0 Å². The average molecular weight is 249 g/mol. The number of hydrogen-bond donors (Lipinski definition) is 1. The molecule has 1 aliphatic heterocycles. The summed E-state index contributed by atoms with van der Waals surface area (Å²) in [6.07, 6.45) is 11.5. The summed E-state index contributed by atoms with van der Waals surface area (Å²) in [6.45, 7) is 1.96. The molecule has 4 aliphatic rings. The molecule has 2 nitrogen and oxygen atoms in total. The lowest BCUT2D eigenvalue weighted by molar-refractivity contribution is 0.140. The van der Waals surface area contributed by atoms with Gasteiger partial charge in [0.15, 0.2) is 0 Å². The van der Waals surface area contributed by atoms with Crippen LogP contribution in [-0.4, -0.2) is 25.3 Å². The SMILES string of the molecule is C1COCCC(NC2CC3CC2C2CCCC32)C1. The van der Waals surface area contributed by atoms with E-state index >= 15 is 0 Å². The molecule has 2 bridgehead atoms. The molecule has 2 heteroatoms. The molecule has 102 valence electrons. The van der Waals surface area contributed by atoms with Crippen LogP contribution in [-0.2, 0) is 4.74 Å². The van der Waals surface area contributed by atoms with E-state index in [1.165, 1.54) is 38.5 Å². The summed E-state index contributed by atoms with van der Waals surface area (Å²) < 4.78 is 5.58. The van der Waals surface area contributed by atoms with Crippen molar-refractivity contribution in [2.24, 2.45) is 23.7 Å². The molecule has 1 heterocycles. The normalized spacial score (nSPS) is 51.3. The second-order valence-corrected chi connectivity index (χ2v) is 7.17. The lowest BCUT2D eigenvalue weighted by Gasteiger charge is -2.34. The van der Waals surface area contributed by atoms with Crippen LogP contribution in [0.15, 0.2) is 0 Å². The van der Waals surface area contributed by atoms with E-state index in [-0.39, 0.29) is 0 Å². The van der Waals surface area contributed by atoms with Crippen molar-refractivity contribution in [2.45, 2.75) is 63.5 Å². The number of rotatable bonds is 2. The Kier molecular flexibility index (Phi) is 3.12. The zero-order chi connectivity index (χ0) is 11.9. The van der Waals surface area contributed by atoms with Gasteiger partial charge in [-0.05, 0) is 68.6 Å². The van der Waals surface area contributed by atoms with Gasteiger partial charge in [0.1, 0.15) is 0 Å². The third kappa shape index (κ3) is 1.92. The van der Waals surface area contributed by atoms with E-state index < -0.39 is 0 Å². The maximum atomic E-state index is 5.58. The molecule has 4 rings (SSSR count). The summed E-state index contributed by atoms with van der Waals surface area (Å²) in [7, 11) is 0. The van der Waals surface area contributed by atoms with Crippen molar-refractivity contribution in [2.75, 3.05) is 13.2 Å². The topological polar surface area (TPSA) is 21.3 Å². The van der Waals surface area contributed by atoms with Crippen molar-refractivity contribution in [3.8, 4) is 0 Å². The minimum atomic E-state index is 0.747. The highest BCUT2D eigenvalue weighted by molar-refractivity contribution is 5.06. The van der Waals surface area contributed by atoms with Crippen molar-refractivity contribution in [3.05, 3.63) is 0 Å². The maximum Gasteiger partial charge on any atom is 0.0480 e. The zero-order valence-electron chi connectivity index (χ0n) is 11.4. The van der Waals surface area contributed by atoms with Crippen LogP contribution in [0.25, 0.3) is 0 Å². The molecule has 6 unspecified atom stereocenters. The predicted octanol–water partition coefficient (Wildman–Crippen LogP) is 2.97. The predicted molar refractivity (Wildman–Crippen MR) is 72.4 cm³/mol. The summed E-state index contributed by atoms with van der Waals surface area (Å²) in [4.78, 5) is 0. The number of ether oxygens (including phenoxy) is 1. The lowest BCUT2D eigenvalue weighted by Crippen LogP contribution is -2.44. The number of hydrogen-bond acceptors (Lipinski definition) is 2. The van der Waals surface area contributed by atoms with Crippen LogP contribution in [0, 0.1) is 23.7 Å². The average Bonchev–Trinajstić information content (AvgIpc) is 2.99. The largest absolute Gasteiger partial charge is 0.381 e. The maximum absolute atomic E-state index is 5.58. The summed E-state index contributed by atoms with van der Waals surface area (Å²) in [5, 5.41) is 4.02. The van der Waals surface area contributed by atoms with Crippen molar-refractivity contribution < 1.29 is 4.74 Å². The fraction of sp³-hybridized carbons (Fsp3) is 1.00. The van der Waals surface area contributed by atoms with E-state index in [4.69, 9.17) is 4.74 Å². The van der Waals surface area contributed by atoms with Gasteiger partial charge in [-0.1, -0.05) is 6.42 Å². The minimum Gasteiger partial charge on any atom is -0.381 e. The Morgan fingerprint density at radius 3 is 2.72 bits per heavy atom. The van der Waals surface area contributed by atoms with Crippen molar-refractivity contribution in [3.63, 3.8) is 0 Å². The molecule has 1 saturated heterocycles. The van der Waals surface area contributed by atoms with Crippen LogP contribution >= 0.6 is 0 Å². The highest BCUT2D eigenvalue weighted by Gasteiger charge is 2.53. The highest BCUT2D eigenvalue weighted by atomic mass is 16.5. The monoisotopic (exact) mass is 249 g/mol. The molecular formula is C16H27NO. The van der Waals surface area contributed by atoms with Gasteiger partial charge in [-0.3, -0.25) is 0 Å². The quantitative estimate of drug-likeness (QED) is 0.812. The van der Waals surface area contributed by atoms with E-state index in [1.54, 1.807) is 12.8 Å². The van der Waals surface area contributed by atoms with Crippen molar-refractivity contribution in [1.82, 2.24) is 5.32 Å². The van der Waals surface area contributed by atoms with Crippen LogP contribution in [0.2, 0.25) is 0 Å². The standard InChI is InChI=1S/C16H27NO/c1-4-13-11-9-15(14(13)5-1)16(10-11)17-12-3-2-7-18-8-6-12/h11-17H,1-10H2. The van der Waals surface area contributed by atoms with E-state index in [0.29, 0.717) is 0 Å². The second-order valence-electron chi connectivity index (χ2n) is 7.17. The first-order chi connectivity index (χ1) is 8.92. The fourth-order valence-corrected chi connectivity index (χ4v) is 5.63. The highest BCUT2D eigenvalue weighted by Crippen LogP contribution is 2.58.